The summed E-state index contributed by atoms with van der Waals surface area (Å²) in [7, 11) is 0. The zero-order valence-corrected chi connectivity index (χ0v) is 6.71. The van der Waals surface area contributed by atoms with Crippen molar-refractivity contribution >= 4 is 0 Å². The first-order chi connectivity index (χ1) is 4.85. The van der Waals surface area contributed by atoms with Crippen LogP contribution in [0.25, 0.3) is 0 Å². The molecule has 0 radical (unpaired) electrons. The molecule has 0 fully saturated rings. The van der Waals surface area contributed by atoms with Gasteiger partial charge in [-0.05, 0) is 25.2 Å². The molecule has 0 aliphatic rings. The molecule has 0 aromatic rings. The van der Waals surface area contributed by atoms with Gasteiger partial charge >= 0.3 is 0 Å². The third kappa shape index (κ3) is 4.77. The fraction of sp³-hybridized carbons (Fsp3) is 1.00. The molecule has 0 aliphatic carbocycles. The predicted octanol–water partition coefficient (Wildman–Crippen LogP) is 1.17. The molecule has 2 heteroatoms. The summed E-state index contributed by atoms with van der Waals surface area (Å²) in [6.07, 6.45) is 3.99. The maximum absolute atomic E-state index is 8.80. The van der Waals surface area contributed by atoms with Crippen molar-refractivity contribution in [1.29, 1.82) is 0 Å². The van der Waals surface area contributed by atoms with E-state index in [1.165, 1.54) is 0 Å². The fourth-order valence-electron chi connectivity index (χ4n) is 1.12. The van der Waals surface area contributed by atoms with Crippen molar-refractivity contribution in [1.82, 2.24) is 0 Å². The van der Waals surface area contributed by atoms with Crippen molar-refractivity contribution in [2.45, 2.75) is 32.6 Å². The molecule has 0 saturated heterocycles. The quantitative estimate of drug-likeness (QED) is 0.590. The number of hydrogen-bond acceptors (Lipinski definition) is 2. The van der Waals surface area contributed by atoms with Gasteiger partial charge in [0.05, 0.1) is 0 Å². The van der Waals surface area contributed by atoms with Gasteiger partial charge in [0.15, 0.2) is 0 Å². The van der Waals surface area contributed by atoms with Crippen molar-refractivity contribution in [3.63, 3.8) is 0 Å². The van der Waals surface area contributed by atoms with Crippen LogP contribution in [0.15, 0.2) is 0 Å². The number of rotatable bonds is 6. The van der Waals surface area contributed by atoms with Gasteiger partial charge in [0.2, 0.25) is 0 Å². The Balaban J connectivity index is 3.21. The highest BCUT2D eigenvalue weighted by Crippen LogP contribution is 2.11. The van der Waals surface area contributed by atoms with Crippen LogP contribution in [0, 0.1) is 5.92 Å². The van der Waals surface area contributed by atoms with Crippen LogP contribution in [0.5, 0.6) is 0 Å². The zero-order valence-electron chi connectivity index (χ0n) is 6.71. The Bertz CT molecular complexity index is 64.3. The summed E-state index contributed by atoms with van der Waals surface area (Å²) < 4.78 is 0. The van der Waals surface area contributed by atoms with Gasteiger partial charge in [-0.1, -0.05) is 13.3 Å². The summed E-state index contributed by atoms with van der Waals surface area (Å²) in [4.78, 5) is 0. The Morgan fingerprint density at radius 1 is 1.20 bits per heavy atom. The summed E-state index contributed by atoms with van der Waals surface area (Å²) in [6.45, 7) is 2.63. The third-order valence-electron chi connectivity index (χ3n) is 1.73. The van der Waals surface area contributed by atoms with Crippen molar-refractivity contribution in [3.05, 3.63) is 0 Å². The third-order valence-corrected chi connectivity index (χ3v) is 1.73. The Hall–Kier alpha value is -0.0800. The SMILES string of the molecule is CCC[C@@H](CO)CCCO. The molecule has 0 aromatic heterocycles. The van der Waals surface area contributed by atoms with E-state index in [1.54, 1.807) is 0 Å². The standard InChI is InChI=1S/C8H18O2/c1-2-4-8(7-10)5-3-6-9/h8-10H,2-7H2,1H3/t8-/m1/s1. The monoisotopic (exact) mass is 146 g/mol. The Labute approximate surface area is 62.9 Å². The van der Waals surface area contributed by atoms with Crippen LogP contribution >= 0.6 is 0 Å². The van der Waals surface area contributed by atoms with Gasteiger partial charge in [0.25, 0.3) is 0 Å². The van der Waals surface area contributed by atoms with E-state index in [0.717, 1.165) is 25.7 Å². The number of aliphatic hydroxyl groups is 2. The molecule has 2 N–H and O–H groups in total. The molecule has 0 saturated carbocycles. The van der Waals surface area contributed by atoms with E-state index < -0.39 is 0 Å². The van der Waals surface area contributed by atoms with Crippen LogP contribution in [0.2, 0.25) is 0 Å². The van der Waals surface area contributed by atoms with Gasteiger partial charge in [-0.3, -0.25) is 0 Å². The maximum Gasteiger partial charge on any atom is 0.0459 e. The summed E-state index contributed by atoms with van der Waals surface area (Å²) in [6, 6.07) is 0. The van der Waals surface area contributed by atoms with Crippen LogP contribution < -0.4 is 0 Å². The highest BCUT2D eigenvalue weighted by molar-refractivity contribution is 4.55. The Morgan fingerprint density at radius 3 is 2.30 bits per heavy atom. The second-order valence-electron chi connectivity index (χ2n) is 2.70. The zero-order chi connectivity index (χ0) is 7.82. The minimum absolute atomic E-state index is 0.250. The lowest BCUT2D eigenvalue weighted by molar-refractivity contribution is 0.194. The molecular formula is C8H18O2. The molecule has 0 aliphatic heterocycles. The highest BCUT2D eigenvalue weighted by atomic mass is 16.3. The molecule has 62 valence electrons. The topological polar surface area (TPSA) is 40.5 Å². The van der Waals surface area contributed by atoms with E-state index in [0.29, 0.717) is 5.92 Å². The minimum atomic E-state index is 0.250. The summed E-state index contributed by atoms with van der Waals surface area (Å²) in [5.41, 5.74) is 0. The summed E-state index contributed by atoms with van der Waals surface area (Å²) >= 11 is 0. The molecule has 0 heterocycles. The molecule has 10 heavy (non-hydrogen) atoms. The molecule has 2 nitrogen and oxygen atoms in total. The van der Waals surface area contributed by atoms with E-state index in [-0.39, 0.29) is 13.2 Å². The van der Waals surface area contributed by atoms with E-state index in [4.69, 9.17) is 10.2 Å². The Morgan fingerprint density at radius 2 is 1.90 bits per heavy atom. The van der Waals surface area contributed by atoms with Crippen LogP contribution in [0.1, 0.15) is 32.6 Å². The molecule has 0 bridgehead atoms. The fourth-order valence-corrected chi connectivity index (χ4v) is 1.12. The lowest BCUT2D eigenvalue weighted by atomic mass is 9.99. The first kappa shape index (κ1) is 9.92. The normalized spacial score (nSPS) is 13.5. The summed E-state index contributed by atoms with van der Waals surface area (Å²) in [5.74, 6) is 0.414. The first-order valence-electron chi connectivity index (χ1n) is 4.06. The average molecular weight is 146 g/mol. The van der Waals surface area contributed by atoms with E-state index in [1.807, 2.05) is 0 Å². The lowest BCUT2D eigenvalue weighted by Gasteiger charge is -2.10. The van der Waals surface area contributed by atoms with Gasteiger partial charge in [-0.15, -0.1) is 0 Å². The van der Waals surface area contributed by atoms with E-state index in [9.17, 15) is 0 Å². The van der Waals surface area contributed by atoms with Crippen molar-refractivity contribution in [3.8, 4) is 0 Å². The Kier molecular flexibility index (Phi) is 6.98. The van der Waals surface area contributed by atoms with Gasteiger partial charge in [0, 0.05) is 13.2 Å². The minimum Gasteiger partial charge on any atom is -0.396 e. The molecule has 0 spiro atoms. The number of hydrogen-bond donors (Lipinski definition) is 2. The smallest absolute Gasteiger partial charge is 0.0459 e. The molecule has 0 aromatic carbocycles. The first-order valence-corrected chi connectivity index (χ1v) is 4.06. The van der Waals surface area contributed by atoms with Crippen molar-refractivity contribution in [2.24, 2.45) is 5.92 Å². The van der Waals surface area contributed by atoms with Crippen LogP contribution in [-0.2, 0) is 0 Å². The molecular weight excluding hydrogens is 128 g/mol. The van der Waals surface area contributed by atoms with E-state index >= 15 is 0 Å². The van der Waals surface area contributed by atoms with Gasteiger partial charge < -0.3 is 10.2 Å². The van der Waals surface area contributed by atoms with Gasteiger partial charge in [-0.25, -0.2) is 0 Å². The average Bonchev–Trinajstić information content (AvgIpc) is 1.98. The predicted molar refractivity (Wildman–Crippen MR) is 41.8 cm³/mol. The van der Waals surface area contributed by atoms with Gasteiger partial charge in [-0.2, -0.15) is 0 Å². The van der Waals surface area contributed by atoms with Crippen molar-refractivity contribution < 1.29 is 10.2 Å². The lowest BCUT2D eigenvalue weighted by Crippen LogP contribution is -2.06. The van der Waals surface area contributed by atoms with Crippen LogP contribution in [-0.4, -0.2) is 23.4 Å². The summed E-state index contributed by atoms with van der Waals surface area (Å²) in [5, 5.41) is 17.3. The maximum atomic E-state index is 8.80. The van der Waals surface area contributed by atoms with Crippen molar-refractivity contribution in [2.75, 3.05) is 13.2 Å². The largest absolute Gasteiger partial charge is 0.396 e. The second-order valence-corrected chi connectivity index (χ2v) is 2.70. The second kappa shape index (κ2) is 7.03. The highest BCUT2D eigenvalue weighted by Gasteiger charge is 2.04. The molecule has 0 unspecified atom stereocenters. The van der Waals surface area contributed by atoms with E-state index in [2.05, 4.69) is 6.92 Å². The molecule has 1 atom stereocenters. The number of aliphatic hydroxyl groups excluding tert-OH is 2. The van der Waals surface area contributed by atoms with Gasteiger partial charge in [0.1, 0.15) is 0 Å². The molecule has 0 amide bonds. The molecule has 0 rings (SSSR count). The van der Waals surface area contributed by atoms with Crippen LogP contribution in [0.3, 0.4) is 0 Å². The van der Waals surface area contributed by atoms with Crippen LogP contribution in [0.4, 0.5) is 0 Å².